The first kappa shape index (κ1) is 25.2. The van der Waals surface area contributed by atoms with Crippen molar-refractivity contribution in [1.82, 2.24) is 14.9 Å². The van der Waals surface area contributed by atoms with Gasteiger partial charge in [0.1, 0.15) is 5.82 Å². The number of thiophene rings is 2. The molecule has 0 aliphatic heterocycles. The molecule has 0 saturated heterocycles. The van der Waals surface area contributed by atoms with E-state index in [0.717, 1.165) is 59.9 Å². The second kappa shape index (κ2) is 11.3. The van der Waals surface area contributed by atoms with E-state index >= 15 is 0 Å². The predicted molar refractivity (Wildman–Crippen MR) is 159 cm³/mol. The molecule has 1 atom stereocenters. The Morgan fingerprint density at radius 3 is 2.53 bits per heavy atom. The third-order valence-electron chi connectivity index (χ3n) is 6.54. The zero-order valence-electron chi connectivity index (χ0n) is 20.9. The lowest BCUT2D eigenvalue weighted by atomic mass is 10.1. The van der Waals surface area contributed by atoms with Crippen molar-refractivity contribution in [3.63, 3.8) is 0 Å². The normalized spacial score (nSPS) is 12.6. The summed E-state index contributed by atoms with van der Waals surface area (Å²) in [7, 11) is 0. The molecule has 0 aliphatic rings. The molecule has 0 amide bonds. The van der Waals surface area contributed by atoms with E-state index in [1.807, 2.05) is 29.5 Å². The number of halogens is 1. The molecule has 5 rings (SSSR count). The summed E-state index contributed by atoms with van der Waals surface area (Å²) in [4.78, 5) is 15.9. The minimum atomic E-state index is 0.305. The van der Waals surface area contributed by atoms with Gasteiger partial charge in [0, 0.05) is 30.9 Å². The Hall–Kier alpha value is -2.51. The molecule has 4 nitrogen and oxygen atoms in total. The highest BCUT2D eigenvalue weighted by Crippen LogP contribution is 2.40. The molecule has 0 bridgehead atoms. The van der Waals surface area contributed by atoms with Gasteiger partial charge in [-0.15, -0.1) is 22.7 Å². The Labute approximate surface area is 226 Å². The molecule has 0 spiro atoms. The van der Waals surface area contributed by atoms with Crippen LogP contribution in [0, 0.1) is 0 Å². The van der Waals surface area contributed by atoms with Crippen LogP contribution >= 0.6 is 34.3 Å². The Bertz CT molecular complexity index is 1440. The van der Waals surface area contributed by atoms with Crippen LogP contribution in [0.5, 0.6) is 0 Å². The minimum Gasteiger partial charge on any atom is -0.367 e. The van der Waals surface area contributed by atoms with E-state index in [2.05, 4.69) is 73.5 Å². The summed E-state index contributed by atoms with van der Waals surface area (Å²) in [6.07, 6.45) is 2.24. The molecule has 36 heavy (non-hydrogen) atoms. The van der Waals surface area contributed by atoms with Gasteiger partial charge in [0.05, 0.1) is 10.4 Å². The van der Waals surface area contributed by atoms with Gasteiger partial charge in [-0.3, -0.25) is 0 Å². The molecule has 1 N–H and O–H groups in total. The number of aromatic nitrogens is 2. The van der Waals surface area contributed by atoms with E-state index < -0.39 is 0 Å². The number of hydrogen-bond acceptors (Lipinski definition) is 6. The molecule has 0 radical (unpaired) electrons. The first-order valence-corrected chi connectivity index (χ1v) is 14.6. The van der Waals surface area contributed by atoms with Crippen molar-refractivity contribution in [3.8, 4) is 20.5 Å². The quantitative estimate of drug-likeness (QED) is 0.194. The van der Waals surface area contributed by atoms with Gasteiger partial charge in [0.25, 0.3) is 0 Å². The summed E-state index contributed by atoms with van der Waals surface area (Å²) in [5, 5.41) is 6.64. The standard InChI is InChI=1S/C29H31ClN4S2/c1-4-34(5-2)16-8-9-19(3)31-28-22-13-12-21(30)18-23(22)32-29(33-28)26-15-14-25(36-26)27-17-20-10-6-7-11-24(20)35-27/h6-7,10-15,17-19H,4-5,8-9,16H2,1-3H3,(H,31,32,33). The number of hydrogen-bond donors (Lipinski definition) is 1. The monoisotopic (exact) mass is 534 g/mol. The molecular weight excluding hydrogens is 504 g/mol. The van der Waals surface area contributed by atoms with Crippen molar-refractivity contribution in [2.45, 2.75) is 39.7 Å². The summed E-state index contributed by atoms with van der Waals surface area (Å²) < 4.78 is 1.31. The SMILES string of the molecule is CCN(CC)CCCC(C)Nc1nc(-c2ccc(-c3cc4ccccc4s3)s2)nc2cc(Cl)ccc12. The lowest BCUT2D eigenvalue weighted by Gasteiger charge is -2.20. The Morgan fingerprint density at radius 1 is 0.917 bits per heavy atom. The maximum Gasteiger partial charge on any atom is 0.172 e. The van der Waals surface area contributed by atoms with Gasteiger partial charge in [-0.2, -0.15) is 0 Å². The van der Waals surface area contributed by atoms with Crippen molar-refractivity contribution in [3.05, 3.63) is 65.7 Å². The van der Waals surface area contributed by atoms with Crippen LogP contribution in [0.4, 0.5) is 5.82 Å². The molecule has 0 fully saturated rings. The zero-order chi connectivity index (χ0) is 25.1. The van der Waals surface area contributed by atoms with Crippen LogP contribution in [-0.4, -0.2) is 40.5 Å². The first-order chi connectivity index (χ1) is 17.5. The highest BCUT2D eigenvalue weighted by atomic mass is 35.5. The van der Waals surface area contributed by atoms with Gasteiger partial charge >= 0.3 is 0 Å². The van der Waals surface area contributed by atoms with Crippen LogP contribution in [0.25, 0.3) is 41.4 Å². The molecule has 186 valence electrons. The van der Waals surface area contributed by atoms with Crippen LogP contribution < -0.4 is 5.32 Å². The summed E-state index contributed by atoms with van der Waals surface area (Å²) in [5.74, 6) is 1.61. The van der Waals surface area contributed by atoms with Crippen molar-refractivity contribution < 1.29 is 0 Å². The van der Waals surface area contributed by atoms with Crippen LogP contribution in [0.3, 0.4) is 0 Å². The maximum atomic E-state index is 6.34. The van der Waals surface area contributed by atoms with Crippen LogP contribution in [0.15, 0.2) is 60.7 Å². The second-order valence-corrected chi connectivity index (χ2v) is 11.7. The molecule has 3 aromatic heterocycles. The summed E-state index contributed by atoms with van der Waals surface area (Å²) in [5.41, 5.74) is 0.863. The van der Waals surface area contributed by atoms with Crippen LogP contribution in [-0.2, 0) is 0 Å². The van der Waals surface area contributed by atoms with E-state index in [1.165, 1.54) is 19.8 Å². The Morgan fingerprint density at radius 2 is 1.72 bits per heavy atom. The summed E-state index contributed by atoms with van der Waals surface area (Å²) >= 11 is 9.90. The zero-order valence-corrected chi connectivity index (χ0v) is 23.3. The molecule has 7 heteroatoms. The first-order valence-electron chi connectivity index (χ1n) is 12.6. The fourth-order valence-electron chi connectivity index (χ4n) is 4.48. The predicted octanol–water partition coefficient (Wildman–Crippen LogP) is 8.82. The second-order valence-electron chi connectivity index (χ2n) is 9.08. The van der Waals surface area contributed by atoms with E-state index in [-0.39, 0.29) is 0 Å². The van der Waals surface area contributed by atoms with Gasteiger partial charge in [-0.05, 0) is 87.3 Å². The van der Waals surface area contributed by atoms with Crippen molar-refractivity contribution in [2.75, 3.05) is 25.0 Å². The van der Waals surface area contributed by atoms with Crippen molar-refractivity contribution in [1.29, 1.82) is 0 Å². The van der Waals surface area contributed by atoms with Crippen molar-refractivity contribution in [2.24, 2.45) is 0 Å². The van der Waals surface area contributed by atoms with Gasteiger partial charge in [0.15, 0.2) is 5.82 Å². The van der Waals surface area contributed by atoms with E-state index in [1.54, 1.807) is 11.3 Å². The highest BCUT2D eigenvalue weighted by Gasteiger charge is 2.15. The number of nitrogens with zero attached hydrogens (tertiary/aromatic N) is 3. The van der Waals surface area contributed by atoms with Crippen LogP contribution in [0.2, 0.25) is 5.02 Å². The number of benzene rings is 2. The largest absolute Gasteiger partial charge is 0.367 e. The fraction of sp³-hybridized carbons (Fsp3) is 0.310. The average molecular weight is 535 g/mol. The fourth-order valence-corrected chi connectivity index (χ4v) is 6.73. The van der Waals surface area contributed by atoms with E-state index in [0.29, 0.717) is 11.1 Å². The third-order valence-corrected chi connectivity index (χ3v) is 9.17. The van der Waals surface area contributed by atoms with Gasteiger partial charge < -0.3 is 10.2 Å². The number of rotatable bonds is 10. The maximum absolute atomic E-state index is 6.34. The average Bonchev–Trinajstić information content (AvgIpc) is 3.54. The van der Waals surface area contributed by atoms with Gasteiger partial charge in [-0.1, -0.05) is 43.6 Å². The third kappa shape index (κ3) is 5.57. The number of fused-ring (bicyclic) bond motifs is 2. The van der Waals surface area contributed by atoms with E-state index in [4.69, 9.17) is 21.6 Å². The molecular formula is C29H31ClN4S2. The molecule has 5 aromatic rings. The minimum absolute atomic E-state index is 0.305. The van der Waals surface area contributed by atoms with Crippen LogP contribution in [0.1, 0.15) is 33.6 Å². The smallest absolute Gasteiger partial charge is 0.172 e. The van der Waals surface area contributed by atoms with Crippen molar-refractivity contribution >= 4 is 61.1 Å². The number of nitrogens with one attached hydrogen (secondary N) is 1. The lowest BCUT2D eigenvalue weighted by Crippen LogP contribution is -2.25. The summed E-state index contributed by atoms with van der Waals surface area (Å²) in [6.45, 7) is 10.0. The molecule has 2 aromatic carbocycles. The van der Waals surface area contributed by atoms with E-state index in [9.17, 15) is 0 Å². The molecule has 0 aliphatic carbocycles. The lowest BCUT2D eigenvalue weighted by molar-refractivity contribution is 0.295. The number of anilines is 1. The topological polar surface area (TPSA) is 41.0 Å². The summed E-state index contributed by atoms with van der Waals surface area (Å²) in [6, 6.07) is 21.3. The highest BCUT2D eigenvalue weighted by molar-refractivity contribution is 7.27. The van der Waals surface area contributed by atoms with Gasteiger partial charge in [0.2, 0.25) is 0 Å². The Balaban J connectivity index is 1.42. The Kier molecular flexibility index (Phi) is 7.87. The molecule has 0 saturated carbocycles. The van der Waals surface area contributed by atoms with Gasteiger partial charge in [-0.25, -0.2) is 9.97 Å². The molecule has 3 heterocycles. The molecule has 1 unspecified atom stereocenters.